The van der Waals surface area contributed by atoms with Crippen LogP contribution in [0.25, 0.3) is 0 Å². The number of amides is 2. The number of carbonyl (C=O) groups excluding carboxylic acids is 2. The predicted octanol–water partition coefficient (Wildman–Crippen LogP) is 1.40. The molecule has 1 saturated heterocycles. The number of hydrogen-bond donors (Lipinski definition) is 1. The Morgan fingerprint density at radius 2 is 1.43 bits per heavy atom. The van der Waals surface area contributed by atoms with Crippen molar-refractivity contribution in [3.05, 3.63) is 0 Å². The van der Waals surface area contributed by atoms with E-state index in [9.17, 15) is 14.7 Å². The molecule has 1 atom stereocenters. The third-order valence-corrected chi connectivity index (χ3v) is 4.96. The Morgan fingerprint density at radius 3 is 1.90 bits per heavy atom. The summed E-state index contributed by atoms with van der Waals surface area (Å²) in [6.45, 7) is 5.84. The molecule has 2 rings (SSSR count). The smallest absolute Gasteiger partial charge is 0.251 e. The van der Waals surface area contributed by atoms with Gasteiger partial charge >= 0.3 is 0 Å². The Kier molecular flexibility index (Phi) is 5.25. The van der Waals surface area contributed by atoms with Crippen LogP contribution in [-0.2, 0) is 9.59 Å². The first-order valence-electron chi connectivity index (χ1n) is 8.20. The molecule has 0 aromatic carbocycles. The molecule has 0 bridgehead atoms. The standard InChI is InChI=1S/C16H28N2O3/c1-13(19)14(20)17-9-11-18(12-10-17)15(21)16(2)7-5-3-4-6-8-16/h13,19H,3-12H2,1-2H3. The molecule has 0 aromatic rings. The van der Waals surface area contributed by atoms with Gasteiger partial charge in [0.1, 0.15) is 6.10 Å². The molecule has 1 aliphatic heterocycles. The third kappa shape index (κ3) is 3.76. The van der Waals surface area contributed by atoms with Crippen molar-refractivity contribution in [3.8, 4) is 0 Å². The van der Waals surface area contributed by atoms with Crippen LogP contribution in [0.2, 0.25) is 0 Å². The molecule has 2 aliphatic rings. The van der Waals surface area contributed by atoms with Gasteiger partial charge in [0, 0.05) is 31.6 Å². The number of aliphatic hydroxyl groups is 1. The zero-order valence-electron chi connectivity index (χ0n) is 13.3. The normalized spacial score (nSPS) is 24.3. The molecular formula is C16H28N2O3. The maximum absolute atomic E-state index is 12.8. The highest BCUT2D eigenvalue weighted by molar-refractivity contribution is 5.83. The molecule has 0 spiro atoms. The van der Waals surface area contributed by atoms with Gasteiger partial charge in [0.25, 0.3) is 5.91 Å². The number of hydrogen-bond acceptors (Lipinski definition) is 3. The Bertz CT molecular complexity index is 379. The summed E-state index contributed by atoms with van der Waals surface area (Å²) in [5.74, 6) is 0.0244. The van der Waals surface area contributed by atoms with Gasteiger partial charge in [-0.3, -0.25) is 9.59 Å². The summed E-state index contributed by atoms with van der Waals surface area (Å²) in [6.07, 6.45) is 5.77. The average molecular weight is 296 g/mol. The summed E-state index contributed by atoms with van der Waals surface area (Å²) >= 11 is 0. The van der Waals surface area contributed by atoms with Crippen LogP contribution < -0.4 is 0 Å². The number of nitrogens with zero attached hydrogens (tertiary/aromatic N) is 2. The fraction of sp³-hybridized carbons (Fsp3) is 0.875. The van der Waals surface area contributed by atoms with E-state index in [1.165, 1.54) is 19.8 Å². The van der Waals surface area contributed by atoms with Crippen LogP contribution in [-0.4, -0.2) is 59.0 Å². The Balaban J connectivity index is 1.92. The van der Waals surface area contributed by atoms with E-state index < -0.39 is 6.10 Å². The van der Waals surface area contributed by atoms with E-state index in [-0.39, 0.29) is 17.2 Å². The van der Waals surface area contributed by atoms with Crippen LogP contribution in [0.1, 0.15) is 52.4 Å². The second kappa shape index (κ2) is 6.77. The van der Waals surface area contributed by atoms with Crippen molar-refractivity contribution in [1.29, 1.82) is 0 Å². The number of rotatable bonds is 2. The number of aliphatic hydroxyl groups excluding tert-OH is 1. The van der Waals surface area contributed by atoms with Gasteiger partial charge < -0.3 is 14.9 Å². The lowest BCUT2D eigenvalue weighted by molar-refractivity contribution is -0.149. The van der Waals surface area contributed by atoms with E-state index >= 15 is 0 Å². The second-order valence-electron chi connectivity index (χ2n) is 6.77. The summed E-state index contributed by atoms with van der Waals surface area (Å²) in [5, 5.41) is 9.35. The summed E-state index contributed by atoms with van der Waals surface area (Å²) in [7, 11) is 0. The monoisotopic (exact) mass is 296 g/mol. The van der Waals surface area contributed by atoms with Crippen molar-refractivity contribution in [2.24, 2.45) is 5.41 Å². The zero-order valence-corrected chi connectivity index (χ0v) is 13.3. The summed E-state index contributed by atoms with van der Waals surface area (Å²) in [5.41, 5.74) is -0.215. The van der Waals surface area contributed by atoms with E-state index in [0.29, 0.717) is 26.2 Å². The zero-order chi connectivity index (χ0) is 15.5. The predicted molar refractivity (Wildman–Crippen MR) is 80.6 cm³/mol. The molecule has 0 radical (unpaired) electrons. The molecular weight excluding hydrogens is 268 g/mol. The Hall–Kier alpha value is -1.10. The molecule has 1 aliphatic carbocycles. The average Bonchev–Trinajstić information content (AvgIpc) is 2.71. The van der Waals surface area contributed by atoms with Gasteiger partial charge in [-0.25, -0.2) is 0 Å². The molecule has 2 fully saturated rings. The molecule has 1 saturated carbocycles. The van der Waals surface area contributed by atoms with Gasteiger partial charge in [-0.15, -0.1) is 0 Å². The Labute approximate surface area is 127 Å². The molecule has 0 aromatic heterocycles. The molecule has 120 valence electrons. The minimum Gasteiger partial charge on any atom is -0.384 e. The van der Waals surface area contributed by atoms with E-state index in [1.54, 1.807) is 4.90 Å². The molecule has 1 N–H and O–H groups in total. The molecule has 1 heterocycles. The highest BCUT2D eigenvalue weighted by Crippen LogP contribution is 2.36. The lowest BCUT2D eigenvalue weighted by Crippen LogP contribution is -2.55. The second-order valence-corrected chi connectivity index (χ2v) is 6.77. The lowest BCUT2D eigenvalue weighted by atomic mass is 9.81. The van der Waals surface area contributed by atoms with E-state index in [1.807, 2.05) is 4.90 Å². The summed E-state index contributed by atoms with van der Waals surface area (Å²) < 4.78 is 0. The van der Waals surface area contributed by atoms with Gasteiger partial charge in [-0.2, -0.15) is 0 Å². The SMILES string of the molecule is CC(O)C(=O)N1CCN(C(=O)C2(C)CCCCCC2)CC1. The first kappa shape index (κ1) is 16.3. The lowest BCUT2D eigenvalue weighted by Gasteiger charge is -2.40. The summed E-state index contributed by atoms with van der Waals surface area (Å²) in [6, 6.07) is 0. The van der Waals surface area contributed by atoms with E-state index in [2.05, 4.69) is 6.92 Å². The highest BCUT2D eigenvalue weighted by atomic mass is 16.3. The maximum atomic E-state index is 12.8. The van der Waals surface area contributed by atoms with Crippen molar-refractivity contribution in [1.82, 2.24) is 9.80 Å². The highest BCUT2D eigenvalue weighted by Gasteiger charge is 2.38. The number of piperazine rings is 1. The quantitative estimate of drug-likeness (QED) is 0.784. The van der Waals surface area contributed by atoms with Crippen LogP contribution in [0.15, 0.2) is 0 Å². The van der Waals surface area contributed by atoms with Crippen LogP contribution in [0.4, 0.5) is 0 Å². The van der Waals surface area contributed by atoms with Crippen molar-refractivity contribution < 1.29 is 14.7 Å². The topological polar surface area (TPSA) is 60.9 Å². The van der Waals surface area contributed by atoms with Gasteiger partial charge in [-0.05, 0) is 19.8 Å². The first-order chi connectivity index (χ1) is 9.94. The van der Waals surface area contributed by atoms with E-state index in [4.69, 9.17) is 0 Å². The molecule has 5 nitrogen and oxygen atoms in total. The minimum absolute atomic E-state index is 0.215. The van der Waals surface area contributed by atoms with Crippen molar-refractivity contribution in [3.63, 3.8) is 0 Å². The van der Waals surface area contributed by atoms with E-state index in [0.717, 1.165) is 25.7 Å². The molecule has 21 heavy (non-hydrogen) atoms. The van der Waals surface area contributed by atoms with Crippen LogP contribution in [0.5, 0.6) is 0 Å². The van der Waals surface area contributed by atoms with Gasteiger partial charge in [-0.1, -0.05) is 32.6 Å². The summed E-state index contributed by atoms with van der Waals surface area (Å²) in [4.78, 5) is 28.1. The van der Waals surface area contributed by atoms with Crippen LogP contribution >= 0.6 is 0 Å². The molecule has 1 unspecified atom stereocenters. The van der Waals surface area contributed by atoms with Crippen molar-refractivity contribution in [2.75, 3.05) is 26.2 Å². The van der Waals surface area contributed by atoms with Crippen molar-refractivity contribution >= 4 is 11.8 Å². The van der Waals surface area contributed by atoms with Gasteiger partial charge in [0.15, 0.2) is 0 Å². The van der Waals surface area contributed by atoms with Gasteiger partial charge in [0.2, 0.25) is 5.91 Å². The third-order valence-electron chi connectivity index (χ3n) is 4.96. The maximum Gasteiger partial charge on any atom is 0.251 e. The minimum atomic E-state index is -0.952. The first-order valence-corrected chi connectivity index (χ1v) is 8.20. The van der Waals surface area contributed by atoms with Crippen LogP contribution in [0, 0.1) is 5.41 Å². The van der Waals surface area contributed by atoms with Crippen molar-refractivity contribution in [2.45, 2.75) is 58.5 Å². The number of carbonyl (C=O) groups is 2. The van der Waals surface area contributed by atoms with Gasteiger partial charge in [0.05, 0.1) is 0 Å². The fourth-order valence-corrected chi connectivity index (χ4v) is 3.50. The molecule has 2 amide bonds. The van der Waals surface area contributed by atoms with Crippen LogP contribution in [0.3, 0.4) is 0 Å². The fourth-order valence-electron chi connectivity index (χ4n) is 3.50. The molecule has 5 heteroatoms. The largest absolute Gasteiger partial charge is 0.384 e. The Morgan fingerprint density at radius 1 is 0.952 bits per heavy atom.